The summed E-state index contributed by atoms with van der Waals surface area (Å²) < 4.78 is 7.14. The van der Waals surface area contributed by atoms with Gasteiger partial charge < -0.3 is 4.74 Å². The first-order chi connectivity index (χ1) is 9.83. The van der Waals surface area contributed by atoms with Crippen LogP contribution in [-0.2, 0) is 11.3 Å². The summed E-state index contributed by atoms with van der Waals surface area (Å²) in [6.07, 6.45) is 1.84. The van der Waals surface area contributed by atoms with Crippen molar-refractivity contribution in [2.24, 2.45) is 5.84 Å². The molecule has 0 aromatic carbocycles. The second kappa shape index (κ2) is 6.19. The van der Waals surface area contributed by atoms with E-state index in [1.165, 1.54) is 13.1 Å². The van der Waals surface area contributed by atoms with Gasteiger partial charge in [0.05, 0.1) is 24.9 Å². The van der Waals surface area contributed by atoms with Crippen molar-refractivity contribution in [3.05, 3.63) is 18.0 Å². The van der Waals surface area contributed by atoms with E-state index in [9.17, 15) is 0 Å². The highest BCUT2D eigenvalue weighted by molar-refractivity contribution is 5.12. The summed E-state index contributed by atoms with van der Waals surface area (Å²) in [5.41, 5.74) is 4.15. The number of ether oxygens (including phenoxy) is 1. The first kappa shape index (κ1) is 14.0. The minimum atomic E-state index is 0.109. The van der Waals surface area contributed by atoms with E-state index in [0.717, 1.165) is 31.9 Å². The van der Waals surface area contributed by atoms with Crippen molar-refractivity contribution in [3.63, 3.8) is 0 Å². The average Bonchev–Trinajstić information content (AvgIpc) is 2.95. The molecule has 4 heterocycles. The zero-order chi connectivity index (χ0) is 13.9. The molecule has 1 aromatic rings. The third kappa shape index (κ3) is 2.59. The largest absolute Gasteiger partial charge is 0.383 e. The number of hydrazine groups is 1. The van der Waals surface area contributed by atoms with E-state index in [4.69, 9.17) is 10.6 Å². The van der Waals surface area contributed by atoms with E-state index in [2.05, 4.69) is 26.4 Å². The highest BCUT2D eigenvalue weighted by Gasteiger charge is 2.38. The Morgan fingerprint density at radius 3 is 2.85 bits per heavy atom. The minimum absolute atomic E-state index is 0.109. The van der Waals surface area contributed by atoms with E-state index in [1.807, 2.05) is 10.9 Å². The molecule has 2 bridgehead atoms. The number of fused-ring (bicyclic) bond motifs is 3. The van der Waals surface area contributed by atoms with Crippen molar-refractivity contribution >= 4 is 0 Å². The molecule has 0 saturated carbocycles. The second-order valence-corrected chi connectivity index (χ2v) is 5.52. The lowest BCUT2D eigenvalue weighted by Crippen LogP contribution is -2.64. The molecule has 7 heteroatoms. The Morgan fingerprint density at radius 1 is 1.45 bits per heavy atom. The van der Waals surface area contributed by atoms with Crippen LogP contribution >= 0.6 is 0 Å². The number of piperazine rings is 3. The highest BCUT2D eigenvalue weighted by Crippen LogP contribution is 2.26. The van der Waals surface area contributed by atoms with Crippen LogP contribution in [0.4, 0.5) is 0 Å². The predicted molar refractivity (Wildman–Crippen MR) is 76.0 cm³/mol. The molecule has 2 unspecified atom stereocenters. The second-order valence-electron chi connectivity index (χ2n) is 5.52. The first-order valence-corrected chi connectivity index (χ1v) is 7.26. The summed E-state index contributed by atoms with van der Waals surface area (Å²) in [5.74, 6) is 5.86. The predicted octanol–water partition coefficient (Wildman–Crippen LogP) is -0.966. The number of rotatable bonds is 6. The minimum Gasteiger partial charge on any atom is -0.383 e. The van der Waals surface area contributed by atoms with Gasteiger partial charge in [-0.2, -0.15) is 5.10 Å². The van der Waals surface area contributed by atoms with Crippen molar-refractivity contribution < 1.29 is 4.74 Å². The molecule has 3 saturated heterocycles. The fraction of sp³-hybridized carbons (Fsp3) is 0.769. The lowest BCUT2D eigenvalue weighted by atomic mass is 9.98. The van der Waals surface area contributed by atoms with E-state index >= 15 is 0 Å². The van der Waals surface area contributed by atoms with Gasteiger partial charge in [0.1, 0.15) is 0 Å². The van der Waals surface area contributed by atoms with Gasteiger partial charge >= 0.3 is 0 Å². The Kier molecular flexibility index (Phi) is 4.32. The van der Waals surface area contributed by atoms with Crippen molar-refractivity contribution in [1.29, 1.82) is 0 Å². The molecule has 2 atom stereocenters. The lowest BCUT2D eigenvalue weighted by Gasteiger charge is -2.49. The van der Waals surface area contributed by atoms with Gasteiger partial charge in [0, 0.05) is 52.1 Å². The van der Waals surface area contributed by atoms with Gasteiger partial charge in [-0.05, 0) is 6.07 Å². The molecular formula is C13H24N6O. The molecule has 0 radical (unpaired) electrons. The van der Waals surface area contributed by atoms with Gasteiger partial charge in [-0.25, -0.2) is 5.43 Å². The molecule has 3 N–H and O–H groups in total. The molecule has 20 heavy (non-hydrogen) atoms. The molecule has 0 spiro atoms. The summed E-state index contributed by atoms with van der Waals surface area (Å²) in [6.45, 7) is 7.11. The standard InChI is InChI=1S/C13H24N6O/c1-20-9-8-19-11(2-3-15-19)13(16-14)12-10-17-4-6-18(12)7-5-17/h2-3,12-13,16H,4-10,14H2,1H3. The summed E-state index contributed by atoms with van der Waals surface area (Å²) in [7, 11) is 1.71. The topological polar surface area (TPSA) is 71.6 Å². The summed E-state index contributed by atoms with van der Waals surface area (Å²) in [5, 5.41) is 4.39. The Hall–Kier alpha value is -0.990. The van der Waals surface area contributed by atoms with Crippen LogP contribution in [0.1, 0.15) is 11.7 Å². The quantitative estimate of drug-likeness (QED) is 0.516. The maximum absolute atomic E-state index is 5.86. The van der Waals surface area contributed by atoms with Crippen molar-refractivity contribution in [3.8, 4) is 0 Å². The van der Waals surface area contributed by atoms with Gasteiger partial charge in [0.15, 0.2) is 0 Å². The van der Waals surface area contributed by atoms with Crippen LogP contribution in [0, 0.1) is 0 Å². The van der Waals surface area contributed by atoms with Gasteiger partial charge in [0.25, 0.3) is 0 Å². The SMILES string of the molecule is COCCn1nccc1C(NN)C1CN2CCN1CC2. The molecule has 1 aromatic heterocycles. The van der Waals surface area contributed by atoms with E-state index < -0.39 is 0 Å². The fourth-order valence-electron chi connectivity index (χ4n) is 3.34. The van der Waals surface area contributed by atoms with Crippen LogP contribution in [0.25, 0.3) is 0 Å². The molecule has 112 valence electrons. The van der Waals surface area contributed by atoms with Crippen LogP contribution in [0.2, 0.25) is 0 Å². The Morgan fingerprint density at radius 2 is 2.25 bits per heavy atom. The number of nitrogens with zero attached hydrogens (tertiary/aromatic N) is 4. The van der Waals surface area contributed by atoms with Gasteiger partial charge in [-0.15, -0.1) is 0 Å². The molecule has 3 fully saturated rings. The van der Waals surface area contributed by atoms with Crippen LogP contribution in [-0.4, -0.2) is 72.1 Å². The first-order valence-electron chi connectivity index (χ1n) is 7.26. The fourth-order valence-corrected chi connectivity index (χ4v) is 3.34. The van der Waals surface area contributed by atoms with E-state index in [-0.39, 0.29) is 6.04 Å². The highest BCUT2D eigenvalue weighted by atomic mass is 16.5. The summed E-state index contributed by atoms with van der Waals surface area (Å²) >= 11 is 0. The summed E-state index contributed by atoms with van der Waals surface area (Å²) in [6, 6.07) is 2.58. The average molecular weight is 280 g/mol. The summed E-state index contributed by atoms with van der Waals surface area (Å²) in [4.78, 5) is 5.06. The van der Waals surface area contributed by atoms with Crippen molar-refractivity contribution in [2.45, 2.75) is 18.6 Å². The number of nitrogens with one attached hydrogen (secondary N) is 1. The number of aromatic nitrogens is 2. The Balaban J connectivity index is 1.77. The third-order valence-corrected chi connectivity index (χ3v) is 4.46. The zero-order valence-electron chi connectivity index (χ0n) is 12.0. The molecule has 3 aliphatic heterocycles. The molecule has 7 nitrogen and oxygen atoms in total. The van der Waals surface area contributed by atoms with Gasteiger partial charge in [-0.1, -0.05) is 0 Å². The Bertz CT molecular complexity index is 428. The smallest absolute Gasteiger partial charge is 0.0796 e. The van der Waals surface area contributed by atoms with Gasteiger partial charge in [-0.3, -0.25) is 20.3 Å². The van der Waals surface area contributed by atoms with Crippen molar-refractivity contribution in [2.75, 3.05) is 46.4 Å². The molecule has 3 aliphatic rings. The molecule has 0 amide bonds. The van der Waals surface area contributed by atoms with Crippen LogP contribution in [0.15, 0.2) is 12.3 Å². The number of nitrogens with two attached hydrogens (primary N) is 1. The monoisotopic (exact) mass is 280 g/mol. The number of methoxy groups -OCH3 is 1. The van der Waals surface area contributed by atoms with Crippen LogP contribution in [0.5, 0.6) is 0 Å². The molecule has 4 rings (SSSR count). The van der Waals surface area contributed by atoms with E-state index in [0.29, 0.717) is 12.6 Å². The maximum Gasteiger partial charge on any atom is 0.0796 e. The third-order valence-electron chi connectivity index (χ3n) is 4.46. The molecular weight excluding hydrogens is 256 g/mol. The van der Waals surface area contributed by atoms with Crippen molar-refractivity contribution in [1.82, 2.24) is 25.0 Å². The van der Waals surface area contributed by atoms with Gasteiger partial charge in [0.2, 0.25) is 0 Å². The Labute approximate surface area is 119 Å². The van der Waals surface area contributed by atoms with E-state index in [1.54, 1.807) is 7.11 Å². The van der Waals surface area contributed by atoms with Crippen LogP contribution < -0.4 is 11.3 Å². The zero-order valence-corrected chi connectivity index (χ0v) is 12.0. The van der Waals surface area contributed by atoms with Crippen LogP contribution in [0.3, 0.4) is 0 Å². The molecule has 0 aliphatic carbocycles. The normalized spacial score (nSPS) is 30.6. The maximum atomic E-state index is 5.86. The number of hydrogen-bond acceptors (Lipinski definition) is 6. The number of hydrogen-bond donors (Lipinski definition) is 2. The lowest BCUT2D eigenvalue weighted by molar-refractivity contribution is -0.00516.